The third kappa shape index (κ3) is 3.97. The van der Waals surface area contributed by atoms with Gasteiger partial charge in [0.05, 0.1) is 5.92 Å². The van der Waals surface area contributed by atoms with E-state index >= 15 is 0 Å². The zero-order chi connectivity index (χ0) is 11.3. The molecule has 0 bridgehead atoms. The molecular formula is C8H13F3N4. The molecule has 1 aliphatic rings. The Balaban J connectivity index is 2.27. The molecular weight excluding hydrogens is 209 g/mol. The highest BCUT2D eigenvalue weighted by Crippen LogP contribution is 2.33. The summed E-state index contributed by atoms with van der Waals surface area (Å²) in [6, 6.07) is 0. The van der Waals surface area contributed by atoms with Crippen molar-refractivity contribution in [2.75, 3.05) is 26.2 Å². The van der Waals surface area contributed by atoms with E-state index in [-0.39, 0.29) is 12.8 Å². The molecule has 7 heteroatoms. The predicted octanol–water partition coefficient (Wildman–Crippen LogP) is 2.57. The van der Waals surface area contributed by atoms with Crippen LogP contribution in [0.2, 0.25) is 0 Å². The van der Waals surface area contributed by atoms with Gasteiger partial charge < -0.3 is 4.90 Å². The Kier molecular flexibility index (Phi) is 4.23. The molecule has 0 aromatic heterocycles. The maximum Gasteiger partial charge on any atom is 0.391 e. The van der Waals surface area contributed by atoms with Gasteiger partial charge in [-0.05, 0) is 31.5 Å². The lowest BCUT2D eigenvalue weighted by Crippen LogP contribution is -2.39. The molecule has 1 fully saturated rings. The summed E-state index contributed by atoms with van der Waals surface area (Å²) in [4.78, 5) is 4.49. The number of rotatable bonds is 3. The standard InChI is InChI=1S/C8H13F3N4/c9-8(10,11)7-1-4-15(5-2-7)6-3-13-14-12/h7H,1-6H2. The molecule has 0 N–H and O–H groups in total. The van der Waals surface area contributed by atoms with Gasteiger partial charge in [-0.2, -0.15) is 13.2 Å². The first kappa shape index (κ1) is 12.1. The first-order chi connectivity index (χ1) is 7.04. The van der Waals surface area contributed by atoms with Crippen molar-refractivity contribution < 1.29 is 13.2 Å². The van der Waals surface area contributed by atoms with Gasteiger partial charge in [-0.25, -0.2) is 0 Å². The molecule has 1 rings (SSSR count). The summed E-state index contributed by atoms with van der Waals surface area (Å²) >= 11 is 0. The summed E-state index contributed by atoms with van der Waals surface area (Å²) in [5, 5.41) is 3.35. The zero-order valence-electron chi connectivity index (χ0n) is 8.24. The fraction of sp³-hybridized carbons (Fsp3) is 1.00. The second-order valence-electron chi connectivity index (χ2n) is 3.61. The van der Waals surface area contributed by atoms with E-state index in [1.54, 1.807) is 0 Å². The summed E-state index contributed by atoms with van der Waals surface area (Å²) in [6.45, 7) is 1.75. The van der Waals surface area contributed by atoms with Crippen molar-refractivity contribution in [1.29, 1.82) is 0 Å². The van der Waals surface area contributed by atoms with E-state index in [9.17, 15) is 13.2 Å². The molecule has 86 valence electrons. The minimum atomic E-state index is -4.06. The van der Waals surface area contributed by atoms with Crippen molar-refractivity contribution in [3.8, 4) is 0 Å². The van der Waals surface area contributed by atoms with Gasteiger partial charge in [0.15, 0.2) is 0 Å². The Morgan fingerprint density at radius 2 is 1.93 bits per heavy atom. The fourth-order valence-corrected chi connectivity index (χ4v) is 1.71. The Labute approximate surface area is 85.7 Å². The van der Waals surface area contributed by atoms with Crippen molar-refractivity contribution in [3.63, 3.8) is 0 Å². The zero-order valence-corrected chi connectivity index (χ0v) is 8.24. The van der Waals surface area contributed by atoms with Gasteiger partial charge in [0, 0.05) is 18.0 Å². The van der Waals surface area contributed by atoms with E-state index in [4.69, 9.17) is 5.53 Å². The minimum absolute atomic E-state index is 0.153. The second-order valence-corrected chi connectivity index (χ2v) is 3.61. The van der Waals surface area contributed by atoms with Gasteiger partial charge in [-0.1, -0.05) is 5.11 Å². The van der Waals surface area contributed by atoms with Crippen LogP contribution in [-0.2, 0) is 0 Å². The second kappa shape index (κ2) is 5.23. The van der Waals surface area contributed by atoms with Crippen LogP contribution in [0.15, 0.2) is 5.11 Å². The third-order valence-corrected chi connectivity index (χ3v) is 2.63. The van der Waals surface area contributed by atoms with E-state index in [0.717, 1.165) is 0 Å². The van der Waals surface area contributed by atoms with Crippen LogP contribution in [0.4, 0.5) is 13.2 Å². The summed E-state index contributed by atoms with van der Waals surface area (Å²) in [5.74, 6) is -1.16. The van der Waals surface area contributed by atoms with E-state index in [1.807, 2.05) is 4.90 Å². The van der Waals surface area contributed by atoms with Crippen LogP contribution in [0.5, 0.6) is 0 Å². The molecule has 0 spiro atoms. The Bertz CT molecular complexity index is 239. The molecule has 0 aromatic carbocycles. The molecule has 0 amide bonds. The first-order valence-corrected chi connectivity index (χ1v) is 4.84. The summed E-state index contributed by atoms with van der Waals surface area (Å²) < 4.78 is 36.9. The average Bonchev–Trinajstić information content (AvgIpc) is 2.18. The summed E-state index contributed by atoms with van der Waals surface area (Å²) in [5.41, 5.74) is 8.04. The maximum absolute atomic E-state index is 12.3. The predicted molar refractivity (Wildman–Crippen MR) is 49.2 cm³/mol. The van der Waals surface area contributed by atoms with Gasteiger partial charge in [-0.15, -0.1) is 0 Å². The van der Waals surface area contributed by atoms with Crippen LogP contribution in [0.25, 0.3) is 10.4 Å². The van der Waals surface area contributed by atoms with Crippen LogP contribution in [0.1, 0.15) is 12.8 Å². The molecule has 0 aliphatic carbocycles. The van der Waals surface area contributed by atoms with Gasteiger partial charge in [0.2, 0.25) is 0 Å². The molecule has 0 saturated carbocycles. The first-order valence-electron chi connectivity index (χ1n) is 4.84. The number of piperidine rings is 1. The normalized spacial score (nSPS) is 19.9. The SMILES string of the molecule is [N-]=[N+]=NCCN1CCC(C(F)(F)F)CC1. The molecule has 1 saturated heterocycles. The Morgan fingerprint density at radius 3 is 2.40 bits per heavy atom. The smallest absolute Gasteiger partial charge is 0.303 e. The number of alkyl halides is 3. The number of likely N-dealkylation sites (tertiary alicyclic amines) is 1. The third-order valence-electron chi connectivity index (χ3n) is 2.63. The Morgan fingerprint density at radius 1 is 1.33 bits per heavy atom. The minimum Gasteiger partial charge on any atom is -0.303 e. The average molecular weight is 222 g/mol. The fourth-order valence-electron chi connectivity index (χ4n) is 1.71. The topological polar surface area (TPSA) is 52.0 Å². The van der Waals surface area contributed by atoms with Crippen molar-refractivity contribution in [2.24, 2.45) is 11.0 Å². The van der Waals surface area contributed by atoms with Gasteiger partial charge >= 0.3 is 6.18 Å². The lowest BCUT2D eigenvalue weighted by Gasteiger charge is -2.32. The van der Waals surface area contributed by atoms with Crippen LogP contribution < -0.4 is 0 Å². The lowest BCUT2D eigenvalue weighted by molar-refractivity contribution is -0.184. The van der Waals surface area contributed by atoms with E-state index in [0.29, 0.717) is 26.2 Å². The highest BCUT2D eigenvalue weighted by Gasteiger charge is 2.40. The molecule has 4 nitrogen and oxygen atoms in total. The molecule has 0 atom stereocenters. The Hall–Kier alpha value is -0.940. The number of nitrogens with zero attached hydrogens (tertiary/aromatic N) is 4. The summed E-state index contributed by atoms with van der Waals surface area (Å²) in [7, 11) is 0. The number of hydrogen-bond donors (Lipinski definition) is 0. The highest BCUT2D eigenvalue weighted by atomic mass is 19.4. The molecule has 0 aromatic rings. The van der Waals surface area contributed by atoms with Crippen molar-refractivity contribution in [1.82, 2.24) is 4.90 Å². The molecule has 15 heavy (non-hydrogen) atoms. The maximum atomic E-state index is 12.3. The van der Waals surface area contributed by atoms with Crippen molar-refractivity contribution in [2.45, 2.75) is 19.0 Å². The van der Waals surface area contributed by atoms with E-state index in [1.165, 1.54) is 0 Å². The van der Waals surface area contributed by atoms with Crippen LogP contribution >= 0.6 is 0 Å². The van der Waals surface area contributed by atoms with Gasteiger partial charge in [0.1, 0.15) is 0 Å². The lowest BCUT2D eigenvalue weighted by atomic mass is 9.96. The van der Waals surface area contributed by atoms with Crippen molar-refractivity contribution >= 4 is 0 Å². The van der Waals surface area contributed by atoms with Gasteiger partial charge in [0.25, 0.3) is 0 Å². The molecule has 1 aliphatic heterocycles. The molecule has 0 unspecified atom stereocenters. The molecule has 1 heterocycles. The molecule has 0 radical (unpaired) electrons. The number of hydrogen-bond acceptors (Lipinski definition) is 2. The number of azide groups is 1. The van der Waals surface area contributed by atoms with E-state index < -0.39 is 12.1 Å². The van der Waals surface area contributed by atoms with Crippen molar-refractivity contribution in [3.05, 3.63) is 10.4 Å². The largest absolute Gasteiger partial charge is 0.391 e. The quantitative estimate of drug-likeness (QED) is 0.411. The highest BCUT2D eigenvalue weighted by molar-refractivity contribution is 4.77. The number of halogens is 3. The van der Waals surface area contributed by atoms with Crippen LogP contribution in [0.3, 0.4) is 0 Å². The summed E-state index contributed by atoms with van der Waals surface area (Å²) in [6.07, 6.45) is -3.75. The van der Waals surface area contributed by atoms with Gasteiger partial charge in [-0.3, -0.25) is 0 Å². The van der Waals surface area contributed by atoms with Crippen LogP contribution in [-0.4, -0.2) is 37.3 Å². The van der Waals surface area contributed by atoms with Crippen LogP contribution in [0, 0.1) is 5.92 Å². The monoisotopic (exact) mass is 222 g/mol. The van der Waals surface area contributed by atoms with E-state index in [2.05, 4.69) is 10.0 Å².